The first kappa shape index (κ1) is 25.1. The standard InChI is InChI=1S/C25H28N4O4S/c1-25(2,3)29-34(32,33)21-13-11-20(12-14-21)27-24(31)22(16-18-8-5-4-6-9-18)28-23(30)19-10-7-15-26-17-19/h4-15,17,22,29H,16H2,1-3H3,(H,27,31)(H,28,30)/t22-/m0/s1. The number of rotatable bonds is 8. The van der Waals surface area contributed by atoms with Gasteiger partial charge in [0.1, 0.15) is 6.04 Å². The van der Waals surface area contributed by atoms with Gasteiger partial charge in [0, 0.05) is 30.0 Å². The second-order valence-electron chi connectivity index (χ2n) is 8.83. The molecule has 8 nitrogen and oxygen atoms in total. The second-order valence-corrected chi connectivity index (χ2v) is 10.5. The topological polar surface area (TPSA) is 117 Å². The van der Waals surface area contributed by atoms with E-state index in [0.29, 0.717) is 11.3 Å². The third kappa shape index (κ3) is 7.23. The molecule has 0 bridgehead atoms. The summed E-state index contributed by atoms with van der Waals surface area (Å²) < 4.78 is 27.6. The summed E-state index contributed by atoms with van der Waals surface area (Å²) in [7, 11) is -3.69. The number of carbonyl (C=O) groups is 2. The van der Waals surface area contributed by atoms with Gasteiger partial charge in [0.25, 0.3) is 5.91 Å². The lowest BCUT2D eigenvalue weighted by Gasteiger charge is -2.21. The number of nitrogens with one attached hydrogen (secondary N) is 3. The zero-order chi connectivity index (χ0) is 24.8. The molecule has 0 spiro atoms. The number of hydrogen-bond donors (Lipinski definition) is 3. The van der Waals surface area contributed by atoms with E-state index in [9.17, 15) is 18.0 Å². The molecule has 0 aliphatic heterocycles. The highest BCUT2D eigenvalue weighted by atomic mass is 32.2. The summed E-state index contributed by atoms with van der Waals surface area (Å²) in [5.41, 5.74) is 1.01. The van der Waals surface area contributed by atoms with E-state index in [0.717, 1.165) is 5.56 Å². The van der Waals surface area contributed by atoms with Crippen LogP contribution in [0.25, 0.3) is 0 Å². The number of hydrogen-bond acceptors (Lipinski definition) is 5. The molecule has 3 N–H and O–H groups in total. The minimum absolute atomic E-state index is 0.0890. The van der Waals surface area contributed by atoms with Crippen molar-refractivity contribution in [2.75, 3.05) is 5.32 Å². The maximum atomic E-state index is 13.1. The van der Waals surface area contributed by atoms with Crippen LogP contribution in [0.3, 0.4) is 0 Å². The van der Waals surface area contributed by atoms with Crippen molar-refractivity contribution >= 4 is 27.5 Å². The van der Waals surface area contributed by atoms with E-state index in [1.54, 1.807) is 39.1 Å². The van der Waals surface area contributed by atoms with Crippen molar-refractivity contribution in [1.82, 2.24) is 15.0 Å². The first-order valence-corrected chi connectivity index (χ1v) is 12.2. The third-order valence-corrected chi connectivity index (χ3v) is 6.47. The van der Waals surface area contributed by atoms with Crippen LogP contribution in [-0.4, -0.2) is 36.8 Å². The zero-order valence-electron chi connectivity index (χ0n) is 19.3. The highest BCUT2D eigenvalue weighted by Gasteiger charge is 2.24. The van der Waals surface area contributed by atoms with Crippen molar-refractivity contribution in [3.63, 3.8) is 0 Å². The van der Waals surface area contributed by atoms with Gasteiger partial charge >= 0.3 is 0 Å². The number of nitrogens with zero attached hydrogens (tertiary/aromatic N) is 1. The van der Waals surface area contributed by atoms with Crippen molar-refractivity contribution in [1.29, 1.82) is 0 Å². The molecule has 1 heterocycles. The Hall–Kier alpha value is -3.56. The molecule has 0 radical (unpaired) electrons. The molecule has 1 atom stereocenters. The lowest BCUT2D eigenvalue weighted by Crippen LogP contribution is -2.45. The van der Waals surface area contributed by atoms with Gasteiger partial charge in [-0.3, -0.25) is 14.6 Å². The maximum Gasteiger partial charge on any atom is 0.253 e. The van der Waals surface area contributed by atoms with Crippen LogP contribution in [-0.2, 0) is 21.2 Å². The minimum atomic E-state index is -3.69. The first-order chi connectivity index (χ1) is 16.0. The van der Waals surface area contributed by atoms with Crippen molar-refractivity contribution in [2.45, 2.75) is 43.7 Å². The van der Waals surface area contributed by atoms with Gasteiger partial charge in [-0.2, -0.15) is 0 Å². The Bertz CT molecular complexity index is 1220. The number of carbonyl (C=O) groups excluding carboxylic acids is 2. The number of aromatic nitrogens is 1. The Labute approximate surface area is 199 Å². The Morgan fingerprint density at radius 2 is 1.62 bits per heavy atom. The summed E-state index contributed by atoms with van der Waals surface area (Å²) in [6.07, 6.45) is 3.27. The molecule has 0 saturated carbocycles. The number of amides is 2. The van der Waals surface area contributed by atoms with E-state index in [1.807, 2.05) is 30.3 Å². The molecule has 9 heteroatoms. The average Bonchev–Trinajstić information content (AvgIpc) is 2.78. The first-order valence-electron chi connectivity index (χ1n) is 10.7. The summed E-state index contributed by atoms with van der Waals surface area (Å²) in [5, 5.41) is 5.53. The van der Waals surface area contributed by atoms with E-state index in [-0.39, 0.29) is 11.3 Å². The molecule has 3 rings (SSSR count). The predicted molar refractivity (Wildman–Crippen MR) is 131 cm³/mol. The molecule has 2 amide bonds. The quantitative estimate of drug-likeness (QED) is 0.458. The Morgan fingerprint density at radius 3 is 2.21 bits per heavy atom. The number of anilines is 1. The third-order valence-electron chi connectivity index (χ3n) is 4.70. The summed E-state index contributed by atoms with van der Waals surface area (Å²) in [6, 6.07) is 17.6. The SMILES string of the molecule is CC(C)(C)NS(=O)(=O)c1ccc(NC(=O)[C@H](Cc2ccccc2)NC(=O)c2cccnc2)cc1. The average molecular weight is 481 g/mol. The van der Waals surface area contributed by atoms with Crippen LogP contribution >= 0.6 is 0 Å². The van der Waals surface area contributed by atoms with E-state index < -0.39 is 33.4 Å². The fraction of sp³-hybridized carbons (Fsp3) is 0.240. The molecular formula is C25H28N4O4S. The lowest BCUT2D eigenvalue weighted by atomic mass is 10.0. The molecule has 3 aromatic rings. The fourth-order valence-electron chi connectivity index (χ4n) is 3.21. The molecule has 1 aromatic heterocycles. The van der Waals surface area contributed by atoms with Gasteiger partial charge in [0.15, 0.2) is 0 Å². The van der Waals surface area contributed by atoms with E-state index in [2.05, 4.69) is 20.3 Å². The van der Waals surface area contributed by atoms with Crippen LogP contribution < -0.4 is 15.4 Å². The van der Waals surface area contributed by atoms with Crippen molar-refractivity contribution in [3.8, 4) is 0 Å². The van der Waals surface area contributed by atoms with Gasteiger partial charge in [-0.15, -0.1) is 0 Å². The highest BCUT2D eigenvalue weighted by Crippen LogP contribution is 2.17. The largest absolute Gasteiger partial charge is 0.340 e. The highest BCUT2D eigenvalue weighted by molar-refractivity contribution is 7.89. The van der Waals surface area contributed by atoms with Crippen LogP contribution in [0.1, 0.15) is 36.7 Å². The normalized spacial score (nSPS) is 12.6. The van der Waals surface area contributed by atoms with Gasteiger partial charge in [0.05, 0.1) is 10.5 Å². The summed E-state index contributed by atoms with van der Waals surface area (Å²) in [6.45, 7) is 5.27. The minimum Gasteiger partial charge on any atom is -0.340 e. The van der Waals surface area contributed by atoms with Crippen LogP contribution in [0.15, 0.2) is 84.0 Å². The van der Waals surface area contributed by atoms with Gasteiger partial charge < -0.3 is 10.6 Å². The Balaban J connectivity index is 1.76. The molecule has 178 valence electrons. The number of pyridine rings is 1. The maximum absolute atomic E-state index is 13.1. The molecule has 34 heavy (non-hydrogen) atoms. The van der Waals surface area contributed by atoms with Gasteiger partial charge in [0.2, 0.25) is 15.9 Å². The van der Waals surface area contributed by atoms with Crippen molar-refractivity contribution < 1.29 is 18.0 Å². The molecule has 0 aliphatic rings. The van der Waals surface area contributed by atoms with Crippen LogP contribution in [0.4, 0.5) is 5.69 Å². The second kappa shape index (κ2) is 10.6. The monoisotopic (exact) mass is 480 g/mol. The Morgan fingerprint density at radius 1 is 0.941 bits per heavy atom. The molecule has 0 aliphatic carbocycles. The van der Waals surface area contributed by atoms with Crippen LogP contribution in [0, 0.1) is 0 Å². The lowest BCUT2D eigenvalue weighted by molar-refractivity contribution is -0.118. The molecule has 0 unspecified atom stereocenters. The molecular weight excluding hydrogens is 452 g/mol. The summed E-state index contributed by atoms with van der Waals surface area (Å²) in [4.78, 5) is 29.8. The molecule has 2 aromatic carbocycles. The van der Waals surface area contributed by atoms with Gasteiger partial charge in [-0.05, 0) is 62.7 Å². The zero-order valence-corrected chi connectivity index (χ0v) is 20.1. The van der Waals surface area contributed by atoms with E-state index >= 15 is 0 Å². The van der Waals surface area contributed by atoms with Crippen LogP contribution in [0.5, 0.6) is 0 Å². The van der Waals surface area contributed by atoms with Crippen LogP contribution in [0.2, 0.25) is 0 Å². The molecule has 0 saturated heterocycles. The number of benzene rings is 2. The predicted octanol–water partition coefficient (Wildman–Crippen LogP) is 3.14. The van der Waals surface area contributed by atoms with E-state index in [4.69, 9.17) is 0 Å². The Kier molecular flexibility index (Phi) is 7.80. The number of sulfonamides is 1. The van der Waals surface area contributed by atoms with Gasteiger partial charge in [-0.25, -0.2) is 13.1 Å². The van der Waals surface area contributed by atoms with Crippen molar-refractivity contribution in [3.05, 3.63) is 90.3 Å². The van der Waals surface area contributed by atoms with E-state index in [1.165, 1.54) is 30.5 Å². The van der Waals surface area contributed by atoms with Crippen molar-refractivity contribution in [2.24, 2.45) is 0 Å². The summed E-state index contributed by atoms with van der Waals surface area (Å²) >= 11 is 0. The smallest absolute Gasteiger partial charge is 0.253 e. The van der Waals surface area contributed by atoms with Gasteiger partial charge in [-0.1, -0.05) is 30.3 Å². The fourth-order valence-corrected chi connectivity index (χ4v) is 4.62. The summed E-state index contributed by atoms with van der Waals surface area (Å²) in [5.74, 6) is -0.844. The molecule has 0 fully saturated rings.